The molecule has 3 fully saturated rings. The molecule has 47 heavy (non-hydrogen) atoms. The molecule has 1 atom stereocenters. The number of hydrogen-bond acceptors (Lipinski definition) is 5. The number of likely N-dealkylation sites (tertiary alicyclic amines) is 2. The Labute approximate surface area is 280 Å². The maximum Gasteiger partial charge on any atom is 0.322 e. The molecular formula is C37H53N7O3. The van der Waals surface area contributed by atoms with E-state index in [0.717, 1.165) is 81.8 Å². The Morgan fingerprint density at radius 3 is 2.26 bits per heavy atom. The SMILES string of the molecule is CCc1ccc(C[C@@H](NC(=O)N2CCC(N3CCc4ccccc4NC3=O)CC2)C(=O)N2CCC(N3CCN(C)CC3)CC2)cc1C. The molecule has 10 nitrogen and oxygen atoms in total. The van der Waals surface area contributed by atoms with Crippen molar-refractivity contribution >= 4 is 23.7 Å². The maximum atomic E-state index is 14.1. The third-order valence-electron chi connectivity index (χ3n) is 11.0. The summed E-state index contributed by atoms with van der Waals surface area (Å²) < 4.78 is 0. The van der Waals surface area contributed by atoms with Gasteiger partial charge >= 0.3 is 12.1 Å². The molecule has 0 saturated carbocycles. The van der Waals surface area contributed by atoms with Gasteiger partial charge in [-0.3, -0.25) is 9.69 Å². The van der Waals surface area contributed by atoms with Gasteiger partial charge in [0.2, 0.25) is 5.91 Å². The van der Waals surface area contributed by atoms with Gasteiger partial charge in [0.1, 0.15) is 6.04 Å². The minimum Gasteiger partial charge on any atom is -0.341 e. The number of nitrogens with zero attached hydrogens (tertiary/aromatic N) is 5. The van der Waals surface area contributed by atoms with Gasteiger partial charge < -0.3 is 30.2 Å². The summed E-state index contributed by atoms with van der Waals surface area (Å²) in [7, 11) is 2.18. The first-order chi connectivity index (χ1) is 22.8. The third kappa shape index (κ3) is 7.92. The second kappa shape index (κ2) is 15.1. The fourth-order valence-corrected chi connectivity index (χ4v) is 7.94. The van der Waals surface area contributed by atoms with E-state index < -0.39 is 6.04 Å². The van der Waals surface area contributed by atoms with Crippen LogP contribution in [0, 0.1) is 6.92 Å². The normalized spacial score (nSPS) is 21.2. The second-order valence-electron chi connectivity index (χ2n) is 14.0. The number of benzene rings is 2. The lowest BCUT2D eigenvalue weighted by molar-refractivity contribution is -0.135. The van der Waals surface area contributed by atoms with Gasteiger partial charge in [-0.25, -0.2) is 9.59 Å². The molecule has 6 rings (SSSR count). The summed E-state index contributed by atoms with van der Waals surface area (Å²) in [6.07, 6.45) is 5.63. The van der Waals surface area contributed by atoms with Crippen LogP contribution in [0.3, 0.4) is 0 Å². The van der Waals surface area contributed by atoms with Gasteiger partial charge in [-0.05, 0) is 80.8 Å². The van der Waals surface area contributed by atoms with Crippen LogP contribution in [0.5, 0.6) is 0 Å². The van der Waals surface area contributed by atoms with E-state index in [1.807, 2.05) is 32.9 Å². The summed E-state index contributed by atoms with van der Waals surface area (Å²) in [6, 6.07) is 14.1. The number of fused-ring (bicyclic) bond motifs is 1. The molecule has 10 heteroatoms. The zero-order valence-electron chi connectivity index (χ0n) is 28.5. The van der Waals surface area contributed by atoms with Crippen molar-refractivity contribution in [3.8, 4) is 0 Å². The van der Waals surface area contributed by atoms with Crippen LogP contribution < -0.4 is 10.6 Å². The Morgan fingerprint density at radius 1 is 0.872 bits per heavy atom. The van der Waals surface area contributed by atoms with Crippen molar-refractivity contribution < 1.29 is 14.4 Å². The average molecular weight is 644 g/mol. The number of para-hydroxylation sites is 1. The number of piperazine rings is 1. The molecule has 0 unspecified atom stereocenters. The Bertz CT molecular complexity index is 1410. The first-order valence-corrected chi connectivity index (χ1v) is 17.8. The van der Waals surface area contributed by atoms with Crippen molar-refractivity contribution in [1.29, 1.82) is 0 Å². The van der Waals surface area contributed by atoms with Crippen LogP contribution in [0.1, 0.15) is 54.9 Å². The summed E-state index contributed by atoms with van der Waals surface area (Å²) in [5.41, 5.74) is 5.63. The Morgan fingerprint density at radius 2 is 1.55 bits per heavy atom. The number of anilines is 1. The molecular weight excluding hydrogens is 590 g/mol. The molecule has 4 aliphatic heterocycles. The highest BCUT2D eigenvalue weighted by Gasteiger charge is 2.35. The number of hydrogen-bond donors (Lipinski definition) is 2. The van der Waals surface area contributed by atoms with E-state index in [-0.39, 0.29) is 24.0 Å². The molecule has 0 radical (unpaired) electrons. The number of aryl methyl sites for hydroxylation is 2. The summed E-state index contributed by atoms with van der Waals surface area (Å²) in [5.74, 6) is 0.0167. The van der Waals surface area contributed by atoms with Crippen molar-refractivity contribution in [1.82, 2.24) is 29.8 Å². The van der Waals surface area contributed by atoms with E-state index in [9.17, 15) is 14.4 Å². The maximum absolute atomic E-state index is 14.1. The van der Waals surface area contributed by atoms with Gasteiger partial charge in [0, 0.05) is 83.1 Å². The third-order valence-corrected chi connectivity index (χ3v) is 11.0. The highest BCUT2D eigenvalue weighted by Crippen LogP contribution is 2.25. The van der Waals surface area contributed by atoms with Gasteiger partial charge in [0.25, 0.3) is 0 Å². The van der Waals surface area contributed by atoms with Crippen LogP contribution in [0.2, 0.25) is 0 Å². The fraction of sp³-hybridized carbons (Fsp3) is 0.595. The van der Waals surface area contributed by atoms with Crippen LogP contribution in [0.4, 0.5) is 15.3 Å². The smallest absolute Gasteiger partial charge is 0.322 e. The quantitative estimate of drug-likeness (QED) is 0.477. The van der Waals surface area contributed by atoms with E-state index in [2.05, 4.69) is 65.6 Å². The predicted octanol–water partition coefficient (Wildman–Crippen LogP) is 3.97. The summed E-state index contributed by atoms with van der Waals surface area (Å²) in [6.45, 7) is 11.9. The Hall–Kier alpha value is -3.63. The number of carbonyl (C=O) groups excluding carboxylic acids is 3. The Balaban J connectivity index is 1.07. The number of rotatable bonds is 7. The molecule has 3 saturated heterocycles. The molecule has 2 aromatic rings. The van der Waals surface area contributed by atoms with Crippen LogP contribution in [-0.2, 0) is 24.1 Å². The number of likely N-dealkylation sites (N-methyl/N-ethyl adjacent to an activating group) is 1. The highest BCUT2D eigenvalue weighted by atomic mass is 16.2. The molecule has 4 aliphatic rings. The number of urea groups is 2. The largest absolute Gasteiger partial charge is 0.341 e. The van der Waals surface area contributed by atoms with E-state index >= 15 is 0 Å². The van der Waals surface area contributed by atoms with Crippen LogP contribution in [0.15, 0.2) is 42.5 Å². The van der Waals surface area contributed by atoms with E-state index in [4.69, 9.17) is 0 Å². The van der Waals surface area contributed by atoms with Crippen molar-refractivity contribution in [3.63, 3.8) is 0 Å². The summed E-state index contributed by atoms with van der Waals surface area (Å²) in [5, 5.41) is 6.25. The molecule has 0 bridgehead atoms. The zero-order valence-corrected chi connectivity index (χ0v) is 28.5. The van der Waals surface area contributed by atoms with E-state index in [1.54, 1.807) is 0 Å². The van der Waals surface area contributed by atoms with E-state index in [1.165, 1.54) is 11.1 Å². The molecule has 254 valence electrons. The molecule has 5 amide bonds. The predicted molar refractivity (Wildman–Crippen MR) is 186 cm³/mol. The summed E-state index contributed by atoms with van der Waals surface area (Å²) in [4.78, 5) is 51.6. The molecule has 0 aromatic heterocycles. The number of piperidine rings is 2. The first kappa shape index (κ1) is 33.3. The van der Waals surface area contributed by atoms with Crippen molar-refractivity contribution in [3.05, 3.63) is 64.7 Å². The molecule has 0 spiro atoms. The van der Waals surface area contributed by atoms with Crippen LogP contribution in [0.25, 0.3) is 0 Å². The first-order valence-electron chi connectivity index (χ1n) is 17.8. The van der Waals surface area contributed by atoms with Crippen LogP contribution >= 0.6 is 0 Å². The lowest BCUT2D eigenvalue weighted by Gasteiger charge is -2.42. The molecule has 2 N–H and O–H groups in total. The van der Waals surface area contributed by atoms with Gasteiger partial charge in [-0.15, -0.1) is 0 Å². The minimum atomic E-state index is -0.623. The fourth-order valence-electron chi connectivity index (χ4n) is 7.94. The molecule has 4 heterocycles. The number of amides is 5. The topological polar surface area (TPSA) is 91.5 Å². The number of nitrogens with one attached hydrogen (secondary N) is 2. The lowest BCUT2D eigenvalue weighted by Crippen LogP contribution is -2.58. The summed E-state index contributed by atoms with van der Waals surface area (Å²) >= 11 is 0. The second-order valence-corrected chi connectivity index (χ2v) is 14.0. The minimum absolute atomic E-state index is 0.0167. The van der Waals surface area contributed by atoms with Gasteiger partial charge in [-0.2, -0.15) is 0 Å². The van der Waals surface area contributed by atoms with Crippen molar-refractivity contribution in [2.75, 3.05) is 71.3 Å². The van der Waals surface area contributed by atoms with Crippen molar-refractivity contribution in [2.45, 2.75) is 76.9 Å². The average Bonchev–Trinajstić information content (AvgIpc) is 3.26. The Kier molecular flexibility index (Phi) is 10.7. The standard InChI is InChI=1S/C37H53N7O3/c1-4-29-10-9-28(25-27(29)2)26-34(35(45)42-16-12-31(13-17-42)41-23-21-40(3)22-24-41)39-36(46)43-18-14-32(15-19-43)44-20-11-30-7-5-6-8-33(30)38-37(44)47/h5-10,25,31-32,34H,4,11-24,26H2,1-3H3,(H,38,47)(H,39,46)/t34-/m1/s1. The van der Waals surface area contributed by atoms with Gasteiger partial charge in [0.15, 0.2) is 0 Å². The molecule has 2 aromatic carbocycles. The molecule has 0 aliphatic carbocycles. The van der Waals surface area contributed by atoms with Gasteiger partial charge in [0.05, 0.1) is 0 Å². The monoisotopic (exact) mass is 643 g/mol. The van der Waals surface area contributed by atoms with E-state index in [0.29, 0.717) is 44.9 Å². The zero-order chi connectivity index (χ0) is 32.9. The van der Waals surface area contributed by atoms with Crippen LogP contribution in [-0.4, -0.2) is 127 Å². The lowest BCUT2D eigenvalue weighted by atomic mass is 9.97. The van der Waals surface area contributed by atoms with Crippen molar-refractivity contribution in [2.24, 2.45) is 0 Å². The van der Waals surface area contributed by atoms with Gasteiger partial charge in [-0.1, -0.05) is 43.3 Å². The highest BCUT2D eigenvalue weighted by molar-refractivity contribution is 5.91. The number of carbonyl (C=O) groups is 3.